The van der Waals surface area contributed by atoms with E-state index in [-0.39, 0.29) is 36.6 Å². The first-order valence-corrected chi connectivity index (χ1v) is 9.69. The number of hydrogen-bond acceptors (Lipinski definition) is 3. The molecule has 0 aromatic heterocycles. The van der Waals surface area contributed by atoms with Gasteiger partial charge >= 0.3 is 0 Å². The molecule has 1 aliphatic rings. The number of nitrogens with one attached hydrogen (secondary N) is 2. The van der Waals surface area contributed by atoms with E-state index in [0.717, 1.165) is 31.9 Å². The van der Waals surface area contributed by atoms with Crippen molar-refractivity contribution >= 4 is 29.9 Å². The summed E-state index contributed by atoms with van der Waals surface area (Å²) in [4.78, 5) is 8.44. The first kappa shape index (κ1) is 25.0. The summed E-state index contributed by atoms with van der Waals surface area (Å²) in [6.07, 6.45) is -0.536. The number of hydrogen-bond donors (Lipinski definition) is 2. The smallest absolute Gasteiger partial charge is 0.251 e. The van der Waals surface area contributed by atoms with Gasteiger partial charge in [-0.05, 0) is 32.4 Å². The zero-order valence-corrected chi connectivity index (χ0v) is 19.4. The minimum atomic E-state index is -2.25. The molecular formula is C20H34F2IN5. The van der Waals surface area contributed by atoms with Crippen LogP contribution in [0.1, 0.15) is 25.3 Å². The molecule has 0 aliphatic carbocycles. The van der Waals surface area contributed by atoms with E-state index in [9.17, 15) is 8.78 Å². The van der Waals surface area contributed by atoms with Crippen molar-refractivity contribution in [2.24, 2.45) is 4.99 Å². The average molecular weight is 509 g/mol. The lowest BCUT2D eigenvalue weighted by atomic mass is 10.1. The van der Waals surface area contributed by atoms with Gasteiger partial charge in [-0.3, -0.25) is 14.8 Å². The van der Waals surface area contributed by atoms with Gasteiger partial charge in [0, 0.05) is 45.3 Å². The Bertz CT molecular complexity index is 565. The fraction of sp³-hybridized carbons (Fsp3) is 0.650. The summed E-state index contributed by atoms with van der Waals surface area (Å²) in [5, 5.41) is 6.82. The van der Waals surface area contributed by atoms with Crippen LogP contribution >= 0.6 is 24.0 Å². The van der Waals surface area contributed by atoms with Crippen molar-refractivity contribution in [2.75, 3.05) is 40.3 Å². The molecular weight excluding hydrogens is 475 g/mol. The molecule has 0 saturated carbocycles. The van der Waals surface area contributed by atoms with Crippen LogP contribution in [0.5, 0.6) is 0 Å². The molecule has 8 heteroatoms. The van der Waals surface area contributed by atoms with Crippen LogP contribution in [0.25, 0.3) is 0 Å². The highest BCUT2D eigenvalue weighted by Gasteiger charge is 2.22. The Labute approximate surface area is 185 Å². The molecule has 0 amide bonds. The highest BCUT2D eigenvalue weighted by molar-refractivity contribution is 14.0. The Balaban J connectivity index is 0.00000392. The first-order chi connectivity index (χ1) is 13.0. The summed E-state index contributed by atoms with van der Waals surface area (Å²) in [6, 6.07) is 11.0. The van der Waals surface area contributed by atoms with Gasteiger partial charge < -0.3 is 10.6 Å². The maximum absolute atomic E-state index is 12.5. The Morgan fingerprint density at radius 3 is 2.46 bits per heavy atom. The van der Waals surface area contributed by atoms with Gasteiger partial charge in [0.15, 0.2) is 5.96 Å². The second-order valence-electron chi connectivity index (χ2n) is 7.31. The summed E-state index contributed by atoms with van der Waals surface area (Å²) in [7, 11) is 3.88. The molecule has 0 radical (unpaired) electrons. The SMILES string of the molecule is CN=C(NCC(C)N(C)Cc1ccccc1)NC1CCN(CC(F)F)CC1.I. The van der Waals surface area contributed by atoms with Gasteiger partial charge in [0.05, 0.1) is 6.54 Å². The van der Waals surface area contributed by atoms with Crippen molar-refractivity contribution in [2.45, 2.75) is 44.8 Å². The molecule has 1 aromatic rings. The number of nitrogens with zero attached hydrogens (tertiary/aromatic N) is 3. The molecule has 1 saturated heterocycles. The summed E-state index contributed by atoms with van der Waals surface area (Å²) in [6.45, 7) is 5.16. The van der Waals surface area contributed by atoms with E-state index in [4.69, 9.17) is 0 Å². The van der Waals surface area contributed by atoms with E-state index in [1.54, 1.807) is 7.05 Å². The minimum Gasteiger partial charge on any atom is -0.355 e. The molecule has 0 bridgehead atoms. The number of likely N-dealkylation sites (N-methyl/N-ethyl adjacent to an activating group) is 1. The van der Waals surface area contributed by atoms with Crippen molar-refractivity contribution in [3.05, 3.63) is 35.9 Å². The summed E-state index contributed by atoms with van der Waals surface area (Å²) in [5.41, 5.74) is 1.30. The molecule has 0 spiro atoms. The molecule has 160 valence electrons. The second-order valence-corrected chi connectivity index (χ2v) is 7.31. The Morgan fingerprint density at radius 1 is 1.25 bits per heavy atom. The lowest BCUT2D eigenvalue weighted by Crippen LogP contribution is -2.51. The lowest BCUT2D eigenvalue weighted by Gasteiger charge is -2.33. The molecule has 28 heavy (non-hydrogen) atoms. The topological polar surface area (TPSA) is 42.9 Å². The van der Waals surface area contributed by atoms with Gasteiger partial charge in [-0.1, -0.05) is 30.3 Å². The maximum atomic E-state index is 12.5. The summed E-state index contributed by atoms with van der Waals surface area (Å²) in [5.74, 6) is 0.780. The maximum Gasteiger partial charge on any atom is 0.251 e. The van der Waals surface area contributed by atoms with Crippen LogP contribution in [0, 0.1) is 0 Å². The second kappa shape index (κ2) is 13.3. The molecule has 5 nitrogen and oxygen atoms in total. The van der Waals surface area contributed by atoms with E-state index >= 15 is 0 Å². The van der Waals surface area contributed by atoms with Crippen molar-refractivity contribution in [3.8, 4) is 0 Å². The van der Waals surface area contributed by atoms with Crippen LogP contribution in [0.15, 0.2) is 35.3 Å². The Kier molecular flexibility index (Phi) is 11.9. The third kappa shape index (κ3) is 9.00. The van der Waals surface area contributed by atoms with Crippen LogP contribution in [-0.4, -0.2) is 74.5 Å². The van der Waals surface area contributed by atoms with Crippen LogP contribution in [0.2, 0.25) is 0 Å². The van der Waals surface area contributed by atoms with E-state index < -0.39 is 6.43 Å². The van der Waals surface area contributed by atoms with Crippen LogP contribution in [0.4, 0.5) is 8.78 Å². The molecule has 2 N–H and O–H groups in total. The van der Waals surface area contributed by atoms with Crippen molar-refractivity contribution < 1.29 is 8.78 Å². The largest absolute Gasteiger partial charge is 0.355 e. The fourth-order valence-electron chi connectivity index (χ4n) is 3.27. The van der Waals surface area contributed by atoms with Gasteiger partial charge in [-0.25, -0.2) is 8.78 Å². The third-order valence-electron chi connectivity index (χ3n) is 5.14. The van der Waals surface area contributed by atoms with Crippen molar-refractivity contribution in [3.63, 3.8) is 0 Å². The van der Waals surface area contributed by atoms with Gasteiger partial charge in [0.1, 0.15) is 0 Å². The molecule has 1 fully saturated rings. The number of halogens is 3. The number of aliphatic imine (C=N–C) groups is 1. The Hall–Kier alpha value is -1.00. The zero-order valence-electron chi connectivity index (χ0n) is 17.1. The van der Waals surface area contributed by atoms with E-state index in [1.165, 1.54) is 5.56 Å². The number of benzene rings is 1. The predicted octanol–water partition coefficient (Wildman–Crippen LogP) is 3.02. The number of rotatable bonds is 8. The van der Waals surface area contributed by atoms with Crippen molar-refractivity contribution in [1.29, 1.82) is 0 Å². The third-order valence-corrected chi connectivity index (χ3v) is 5.14. The van der Waals surface area contributed by atoms with Crippen LogP contribution < -0.4 is 10.6 Å². The van der Waals surface area contributed by atoms with Crippen LogP contribution in [-0.2, 0) is 6.54 Å². The van der Waals surface area contributed by atoms with Gasteiger partial charge in [-0.2, -0.15) is 0 Å². The fourth-order valence-corrected chi connectivity index (χ4v) is 3.27. The molecule has 1 aromatic carbocycles. The van der Waals surface area contributed by atoms with Gasteiger partial charge in [0.25, 0.3) is 6.43 Å². The molecule has 2 rings (SSSR count). The van der Waals surface area contributed by atoms with E-state index in [0.29, 0.717) is 19.1 Å². The molecule has 1 heterocycles. The van der Waals surface area contributed by atoms with Crippen LogP contribution in [0.3, 0.4) is 0 Å². The lowest BCUT2D eigenvalue weighted by molar-refractivity contribution is 0.0744. The quantitative estimate of drug-likeness (QED) is 0.322. The Morgan fingerprint density at radius 2 is 1.89 bits per heavy atom. The number of piperidine rings is 1. The normalized spacial score (nSPS) is 17.5. The average Bonchev–Trinajstić information content (AvgIpc) is 2.66. The molecule has 1 unspecified atom stereocenters. The minimum absolute atomic E-state index is 0. The highest BCUT2D eigenvalue weighted by Crippen LogP contribution is 2.12. The summed E-state index contributed by atoms with van der Waals surface area (Å²) >= 11 is 0. The van der Waals surface area contributed by atoms with Gasteiger partial charge in [0.2, 0.25) is 0 Å². The first-order valence-electron chi connectivity index (χ1n) is 9.69. The predicted molar refractivity (Wildman–Crippen MR) is 123 cm³/mol. The standard InChI is InChI=1S/C20H33F2N5.HI/c1-16(26(3)14-17-7-5-4-6-8-17)13-24-20(23-2)25-18-9-11-27(12-10-18)15-19(21)22;/h4-8,16,18-19H,9-15H2,1-3H3,(H2,23,24,25);1H. The van der Waals surface area contributed by atoms with E-state index in [2.05, 4.69) is 58.8 Å². The monoisotopic (exact) mass is 509 g/mol. The van der Waals surface area contributed by atoms with E-state index in [1.807, 2.05) is 11.0 Å². The molecule has 1 aliphatic heterocycles. The zero-order chi connectivity index (χ0) is 19.6. The summed E-state index contributed by atoms with van der Waals surface area (Å²) < 4.78 is 24.9. The van der Waals surface area contributed by atoms with Gasteiger partial charge in [-0.15, -0.1) is 24.0 Å². The number of guanidine groups is 1. The van der Waals surface area contributed by atoms with Crippen molar-refractivity contribution in [1.82, 2.24) is 20.4 Å². The number of alkyl halides is 2. The highest BCUT2D eigenvalue weighted by atomic mass is 127. The number of likely N-dealkylation sites (tertiary alicyclic amines) is 1. The molecule has 1 atom stereocenters.